The van der Waals surface area contributed by atoms with Gasteiger partial charge >= 0.3 is 0 Å². The van der Waals surface area contributed by atoms with Gasteiger partial charge < -0.3 is 5.32 Å². The number of fused-ring (bicyclic) bond motifs is 7. The number of amides is 3. The minimum Gasteiger partial charge on any atom is -0.324 e. The number of carbonyl (C=O) groups is 3. The molecule has 1 N–H and O–H groups in total. The van der Waals surface area contributed by atoms with Crippen LogP contribution in [0.4, 0.5) is 11.4 Å². The predicted molar refractivity (Wildman–Crippen MR) is 112 cm³/mol. The third-order valence-corrected chi connectivity index (χ3v) is 7.48. The van der Waals surface area contributed by atoms with Crippen molar-refractivity contribution < 1.29 is 14.4 Å². The summed E-state index contributed by atoms with van der Waals surface area (Å²) in [4.78, 5) is 44.5. The number of imide groups is 1. The molecule has 2 aromatic rings. The lowest BCUT2D eigenvalue weighted by Crippen LogP contribution is -2.54. The van der Waals surface area contributed by atoms with E-state index >= 15 is 0 Å². The second kappa shape index (κ2) is 6.01. The van der Waals surface area contributed by atoms with Crippen molar-refractivity contribution in [3.05, 3.63) is 59.7 Å². The number of nitrogens with one attached hydrogen (secondary N) is 1. The Labute approximate surface area is 174 Å². The maximum Gasteiger partial charge on any atom is 0.250 e. The molecule has 2 aromatic carbocycles. The average Bonchev–Trinajstić information content (AvgIpc) is 3.46. The normalized spacial score (nSPS) is 32.0. The summed E-state index contributed by atoms with van der Waals surface area (Å²) in [7, 11) is 0. The minimum atomic E-state index is -1.09. The quantitative estimate of drug-likeness (QED) is 0.786. The zero-order valence-electron chi connectivity index (χ0n) is 16.8. The molecule has 0 aliphatic carbocycles. The smallest absolute Gasteiger partial charge is 0.250 e. The van der Waals surface area contributed by atoms with Crippen LogP contribution in [0, 0.1) is 11.8 Å². The first-order chi connectivity index (χ1) is 14.6. The fourth-order valence-electron chi connectivity index (χ4n) is 6.30. The van der Waals surface area contributed by atoms with E-state index in [9.17, 15) is 14.4 Å². The Morgan fingerprint density at radius 2 is 1.87 bits per heavy atom. The molecule has 6 nitrogen and oxygen atoms in total. The number of rotatable bonds is 2. The molecular formula is C24H23N3O3. The van der Waals surface area contributed by atoms with Crippen LogP contribution in [0.1, 0.15) is 30.9 Å². The van der Waals surface area contributed by atoms with Crippen LogP contribution in [0.3, 0.4) is 0 Å². The molecule has 152 valence electrons. The van der Waals surface area contributed by atoms with Crippen molar-refractivity contribution in [1.82, 2.24) is 4.90 Å². The Kier molecular flexibility index (Phi) is 3.58. The monoisotopic (exact) mass is 401 g/mol. The van der Waals surface area contributed by atoms with E-state index < -0.39 is 17.4 Å². The van der Waals surface area contributed by atoms with Gasteiger partial charge in [-0.15, -0.1) is 0 Å². The number of aryl methyl sites for hydroxylation is 1. The van der Waals surface area contributed by atoms with Crippen molar-refractivity contribution in [1.29, 1.82) is 0 Å². The molecule has 3 amide bonds. The van der Waals surface area contributed by atoms with Crippen molar-refractivity contribution in [3.63, 3.8) is 0 Å². The molecule has 0 bridgehead atoms. The molecule has 4 aliphatic rings. The van der Waals surface area contributed by atoms with E-state index in [0.717, 1.165) is 42.6 Å². The number of para-hydroxylation sites is 1. The summed E-state index contributed by atoms with van der Waals surface area (Å²) in [6.07, 6.45) is 2.61. The summed E-state index contributed by atoms with van der Waals surface area (Å²) in [5.41, 5.74) is 2.25. The van der Waals surface area contributed by atoms with Crippen LogP contribution in [0.5, 0.6) is 0 Å². The summed E-state index contributed by atoms with van der Waals surface area (Å²) < 4.78 is 0. The van der Waals surface area contributed by atoms with Gasteiger partial charge in [-0.3, -0.25) is 19.3 Å². The van der Waals surface area contributed by atoms with Crippen molar-refractivity contribution in [2.45, 2.75) is 37.8 Å². The first kappa shape index (κ1) is 17.8. The fourth-order valence-corrected chi connectivity index (χ4v) is 6.30. The number of hydrogen-bond donors (Lipinski definition) is 1. The zero-order valence-corrected chi connectivity index (χ0v) is 16.8. The number of carbonyl (C=O) groups excluding carboxylic acids is 3. The van der Waals surface area contributed by atoms with Gasteiger partial charge in [0.1, 0.15) is 5.54 Å². The first-order valence-electron chi connectivity index (χ1n) is 10.7. The molecule has 0 radical (unpaired) electrons. The van der Waals surface area contributed by atoms with Gasteiger partial charge in [0, 0.05) is 17.3 Å². The highest BCUT2D eigenvalue weighted by atomic mass is 16.2. The average molecular weight is 401 g/mol. The molecule has 0 unspecified atom stereocenters. The maximum absolute atomic E-state index is 13.8. The van der Waals surface area contributed by atoms with Gasteiger partial charge in [-0.05, 0) is 49.6 Å². The topological polar surface area (TPSA) is 69.7 Å². The van der Waals surface area contributed by atoms with Gasteiger partial charge in [0.05, 0.1) is 17.5 Å². The lowest BCUT2D eigenvalue weighted by molar-refractivity contribution is -0.135. The van der Waals surface area contributed by atoms with Crippen molar-refractivity contribution in [2.24, 2.45) is 11.8 Å². The van der Waals surface area contributed by atoms with Crippen molar-refractivity contribution >= 4 is 29.1 Å². The summed E-state index contributed by atoms with van der Waals surface area (Å²) in [6, 6.07) is 15.0. The summed E-state index contributed by atoms with van der Waals surface area (Å²) in [5.74, 6) is -1.76. The van der Waals surface area contributed by atoms with Crippen LogP contribution < -0.4 is 10.2 Å². The van der Waals surface area contributed by atoms with Gasteiger partial charge in [-0.25, -0.2) is 4.90 Å². The van der Waals surface area contributed by atoms with Crippen LogP contribution in [0.25, 0.3) is 0 Å². The first-order valence-corrected chi connectivity index (χ1v) is 10.7. The molecule has 1 spiro atoms. The number of hydrogen-bond acceptors (Lipinski definition) is 4. The Hall–Kier alpha value is -2.99. The Morgan fingerprint density at radius 3 is 2.63 bits per heavy atom. The van der Waals surface area contributed by atoms with Gasteiger partial charge in [0.25, 0.3) is 0 Å². The summed E-state index contributed by atoms with van der Waals surface area (Å²) in [5, 5.41) is 3.03. The van der Waals surface area contributed by atoms with Crippen LogP contribution >= 0.6 is 0 Å². The SMILES string of the molecule is CCc1ccc2c(c1)[C@]1(C(=O)N2)[C@@H]2C(=O)N(c3ccccc3)C(=O)[C@H]2[C@@H]2CCCN21. The van der Waals surface area contributed by atoms with E-state index in [-0.39, 0.29) is 23.8 Å². The zero-order chi connectivity index (χ0) is 20.6. The number of anilines is 2. The third-order valence-electron chi connectivity index (χ3n) is 7.48. The standard InChI is InChI=1S/C24H23N3O3/c1-2-14-10-11-17-16(13-14)24(23(30)25-17)20-19(18-9-6-12-26(18)24)21(28)27(22(20)29)15-7-4-3-5-8-15/h3-5,7-8,10-11,13,18-20H,2,6,9,12H2,1H3,(H,25,30)/t18-,19-,20-,24+/m0/s1. The fraction of sp³-hybridized carbons (Fsp3) is 0.375. The second-order valence-corrected chi connectivity index (χ2v) is 8.71. The lowest BCUT2D eigenvalue weighted by atomic mass is 9.75. The molecule has 3 saturated heterocycles. The number of nitrogens with zero attached hydrogens (tertiary/aromatic N) is 2. The van der Waals surface area contributed by atoms with Gasteiger partial charge in [0.15, 0.2) is 0 Å². The Balaban J connectivity index is 1.57. The molecule has 0 saturated carbocycles. The van der Waals surface area contributed by atoms with Gasteiger partial charge in [-0.2, -0.15) is 0 Å². The molecule has 4 aliphatic heterocycles. The minimum absolute atomic E-state index is 0.0813. The predicted octanol–water partition coefficient (Wildman–Crippen LogP) is 2.68. The largest absolute Gasteiger partial charge is 0.324 e. The van der Waals surface area contributed by atoms with Gasteiger partial charge in [-0.1, -0.05) is 37.3 Å². The summed E-state index contributed by atoms with van der Waals surface area (Å²) >= 11 is 0. The molecule has 4 atom stereocenters. The highest BCUT2D eigenvalue weighted by molar-refractivity contribution is 6.25. The van der Waals surface area contributed by atoms with Crippen molar-refractivity contribution in [3.8, 4) is 0 Å². The van der Waals surface area contributed by atoms with Gasteiger partial charge in [0.2, 0.25) is 17.7 Å². The molecule has 6 heteroatoms. The van der Waals surface area contributed by atoms with Crippen LogP contribution in [-0.2, 0) is 26.3 Å². The molecule has 4 heterocycles. The lowest BCUT2D eigenvalue weighted by Gasteiger charge is -2.36. The second-order valence-electron chi connectivity index (χ2n) is 8.71. The number of benzene rings is 2. The van der Waals surface area contributed by atoms with Crippen LogP contribution in [0.2, 0.25) is 0 Å². The van der Waals surface area contributed by atoms with Crippen LogP contribution in [0.15, 0.2) is 48.5 Å². The van der Waals surface area contributed by atoms with E-state index in [0.29, 0.717) is 5.69 Å². The molecule has 6 rings (SSSR count). The van der Waals surface area contributed by atoms with E-state index in [1.165, 1.54) is 4.90 Å². The highest BCUT2D eigenvalue weighted by Crippen LogP contribution is 2.60. The molecule has 0 aromatic heterocycles. The summed E-state index contributed by atoms with van der Waals surface area (Å²) in [6.45, 7) is 2.81. The molecular weight excluding hydrogens is 378 g/mol. The van der Waals surface area contributed by atoms with E-state index in [1.807, 2.05) is 30.3 Å². The Morgan fingerprint density at radius 1 is 1.07 bits per heavy atom. The highest BCUT2D eigenvalue weighted by Gasteiger charge is 2.74. The van der Waals surface area contributed by atoms with E-state index in [4.69, 9.17) is 0 Å². The van der Waals surface area contributed by atoms with E-state index in [1.54, 1.807) is 12.1 Å². The molecule has 3 fully saturated rings. The third kappa shape index (κ3) is 1.95. The van der Waals surface area contributed by atoms with Crippen LogP contribution in [-0.4, -0.2) is 35.2 Å². The van der Waals surface area contributed by atoms with Crippen molar-refractivity contribution in [2.75, 3.05) is 16.8 Å². The van der Waals surface area contributed by atoms with E-state index in [2.05, 4.69) is 23.2 Å². The Bertz CT molecular complexity index is 1100. The maximum atomic E-state index is 13.8. The molecule has 30 heavy (non-hydrogen) atoms.